The molecule has 0 spiro atoms. The largest absolute Gasteiger partial charge is 0.497 e. The van der Waals surface area contributed by atoms with Crippen LogP contribution in [0.4, 0.5) is 0 Å². The number of methoxy groups -OCH3 is 1. The first-order valence-electron chi connectivity index (χ1n) is 14.4. The Bertz CT molecular complexity index is 1610. The standard InChI is InChI=1S/C35H34BrClN2O5/c1-42-30-11-5-9-26(22-30)32-35(23-27-8-2-3-12-31(27)36,34(41)38-18-17-24-7-4-10-28(37)21-24)39-33(44-32)25-13-15-29(16-14-25)43-20-6-19-40/h2-5,7-16,21-22,32,40H,6,17-20,23H2,1H3,(H,38,41)/t32-,35-/m1/s1. The van der Waals surface area contributed by atoms with E-state index in [4.69, 9.17) is 35.9 Å². The second-order valence-corrected chi connectivity index (χ2v) is 11.8. The summed E-state index contributed by atoms with van der Waals surface area (Å²) in [5.41, 5.74) is 2.09. The normalized spacial score (nSPS) is 17.5. The third-order valence-corrected chi connectivity index (χ3v) is 8.44. The maximum atomic E-state index is 14.4. The fraction of sp³-hybridized carbons (Fsp3) is 0.257. The predicted octanol–water partition coefficient (Wildman–Crippen LogP) is 6.73. The molecule has 0 saturated carbocycles. The number of carbonyl (C=O) groups excluding carboxylic acids is 1. The first-order valence-corrected chi connectivity index (χ1v) is 15.6. The molecular formula is C35H34BrClN2O5. The summed E-state index contributed by atoms with van der Waals surface area (Å²) < 4.78 is 18.7. The number of carbonyl (C=O) groups is 1. The van der Waals surface area contributed by atoms with Crippen molar-refractivity contribution in [2.45, 2.75) is 30.9 Å². The van der Waals surface area contributed by atoms with E-state index in [-0.39, 0.29) is 18.9 Å². The predicted molar refractivity (Wildman–Crippen MR) is 176 cm³/mol. The van der Waals surface area contributed by atoms with Crippen LogP contribution in [-0.2, 0) is 22.4 Å². The van der Waals surface area contributed by atoms with E-state index in [0.717, 1.165) is 21.2 Å². The highest BCUT2D eigenvalue weighted by Gasteiger charge is 2.53. The summed E-state index contributed by atoms with van der Waals surface area (Å²) in [4.78, 5) is 19.6. The Balaban J connectivity index is 1.54. The van der Waals surface area contributed by atoms with E-state index in [2.05, 4.69) is 21.2 Å². The van der Waals surface area contributed by atoms with Crippen molar-refractivity contribution < 1.29 is 24.1 Å². The summed E-state index contributed by atoms with van der Waals surface area (Å²) in [6, 6.07) is 30.4. The average Bonchev–Trinajstić information content (AvgIpc) is 3.43. The van der Waals surface area contributed by atoms with E-state index < -0.39 is 11.6 Å². The molecule has 1 heterocycles. The molecule has 0 radical (unpaired) electrons. The molecule has 0 unspecified atom stereocenters. The minimum Gasteiger partial charge on any atom is -0.497 e. The van der Waals surface area contributed by atoms with Crippen molar-refractivity contribution in [2.24, 2.45) is 4.99 Å². The van der Waals surface area contributed by atoms with E-state index in [1.807, 2.05) is 97.1 Å². The van der Waals surface area contributed by atoms with Gasteiger partial charge in [0.15, 0.2) is 11.6 Å². The van der Waals surface area contributed by atoms with Gasteiger partial charge in [0, 0.05) is 41.1 Å². The summed E-state index contributed by atoms with van der Waals surface area (Å²) in [6.07, 6.45) is 0.692. The van der Waals surface area contributed by atoms with Gasteiger partial charge in [-0.2, -0.15) is 0 Å². The molecule has 0 bridgehead atoms. The molecule has 5 rings (SSSR count). The zero-order chi connectivity index (χ0) is 30.9. The maximum absolute atomic E-state index is 14.4. The molecule has 1 aliphatic rings. The lowest BCUT2D eigenvalue weighted by Crippen LogP contribution is -2.50. The first kappa shape index (κ1) is 31.6. The number of nitrogens with one attached hydrogen (secondary N) is 1. The van der Waals surface area contributed by atoms with Crippen molar-refractivity contribution in [3.8, 4) is 11.5 Å². The Morgan fingerprint density at radius 3 is 2.57 bits per heavy atom. The summed E-state index contributed by atoms with van der Waals surface area (Å²) in [5, 5.41) is 12.9. The Morgan fingerprint density at radius 1 is 1.02 bits per heavy atom. The molecule has 1 aliphatic heterocycles. The van der Waals surface area contributed by atoms with Gasteiger partial charge < -0.3 is 24.6 Å². The van der Waals surface area contributed by atoms with E-state index in [9.17, 15) is 4.79 Å². The molecule has 4 aromatic rings. The number of rotatable bonds is 13. The highest BCUT2D eigenvalue weighted by Crippen LogP contribution is 2.44. The van der Waals surface area contributed by atoms with Crippen molar-refractivity contribution in [2.75, 3.05) is 26.9 Å². The van der Waals surface area contributed by atoms with Crippen LogP contribution in [-0.4, -0.2) is 49.3 Å². The van der Waals surface area contributed by atoms with E-state index >= 15 is 0 Å². The highest BCUT2D eigenvalue weighted by atomic mass is 79.9. The van der Waals surface area contributed by atoms with Gasteiger partial charge in [-0.1, -0.05) is 70.0 Å². The van der Waals surface area contributed by atoms with Gasteiger partial charge in [-0.25, -0.2) is 4.99 Å². The van der Waals surface area contributed by atoms with Gasteiger partial charge in [0.2, 0.25) is 5.90 Å². The van der Waals surface area contributed by atoms with Crippen LogP contribution in [0.1, 0.15) is 34.8 Å². The van der Waals surface area contributed by atoms with Crippen LogP contribution >= 0.6 is 27.5 Å². The monoisotopic (exact) mass is 676 g/mol. The molecule has 7 nitrogen and oxygen atoms in total. The van der Waals surface area contributed by atoms with Crippen molar-refractivity contribution in [1.82, 2.24) is 5.32 Å². The second-order valence-electron chi connectivity index (χ2n) is 10.5. The Kier molecular flexibility index (Phi) is 10.6. The third-order valence-electron chi connectivity index (χ3n) is 7.43. The molecule has 2 atom stereocenters. The van der Waals surface area contributed by atoms with Crippen LogP contribution in [0.15, 0.2) is 107 Å². The smallest absolute Gasteiger partial charge is 0.252 e. The van der Waals surface area contributed by atoms with Gasteiger partial charge in [-0.05, 0) is 77.7 Å². The lowest BCUT2D eigenvalue weighted by Gasteiger charge is -2.31. The van der Waals surface area contributed by atoms with Gasteiger partial charge in [0.25, 0.3) is 5.91 Å². The number of aliphatic imine (C=N–C) groups is 1. The Hall–Kier alpha value is -3.85. The van der Waals surface area contributed by atoms with Gasteiger partial charge in [0.1, 0.15) is 11.5 Å². The third kappa shape index (κ3) is 7.44. The summed E-state index contributed by atoms with van der Waals surface area (Å²) >= 11 is 9.87. The molecule has 0 aromatic heterocycles. The number of nitrogens with zero attached hydrogens (tertiary/aromatic N) is 1. The van der Waals surface area contributed by atoms with Crippen molar-refractivity contribution >= 4 is 39.3 Å². The first-order chi connectivity index (χ1) is 21.4. The SMILES string of the molecule is COc1cccc([C@H]2OC(c3ccc(OCCCO)cc3)=N[C@@]2(Cc2ccccc2Br)C(=O)NCCc2cccc(Cl)c2)c1. The lowest BCUT2D eigenvalue weighted by molar-refractivity contribution is -0.128. The fourth-order valence-electron chi connectivity index (χ4n) is 5.18. The lowest BCUT2D eigenvalue weighted by atomic mass is 9.82. The fourth-order valence-corrected chi connectivity index (χ4v) is 5.82. The molecule has 9 heteroatoms. The van der Waals surface area contributed by atoms with Crippen molar-refractivity contribution in [3.63, 3.8) is 0 Å². The van der Waals surface area contributed by atoms with Crippen LogP contribution in [0.5, 0.6) is 11.5 Å². The van der Waals surface area contributed by atoms with Crippen LogP contribution in [0.25, 0.3) is 0 Å². The topological polar surface area (TPSA) is 89.4 Å². The van der Waals surface area contributed by atoms with Crippen LogP contribution in [0.3, 0.4) is 0 Å². The van der Waals surface area contributed by atoms with Gasteiger partial charge in [-0.3, -0.25) is 4.79 Å². The van der Waals surface area contributed by atoms with Gasteiger partial charge in [0.05, 0.1) is 13.7 Å². The number of hydrogen-bond acceptors (Lipinski definition) is 6. The highest BCUT2D eigenvalue weighted by molar-refractivity contribution is 9.10. The minimum atomic E-state index is -1.34. The average molecular weight is 678 g/mol. The zero-order valence-corrected chi connectivity index (χ0v) is 26.7. The summed E-state index contributed by atoms with van der Waals surface area (Å²) in [6.45, 7) is 0.872. The van der Waals surface area contributed by atoms with Crippen LogP contribution in [0.2, 0.25) is 5.02 Å². The molecule has 1 amide bonds. The Labute approximate surface area is 271 Å². The molecular weight excluding hydrogens is 644 g/mol. The Morgan fingerprint density at radius 2 is 1.82 bits per heavy atom. The number of aliphatic hydroxyl groups is 1. The molecule has 44 heavy (non-hydrogen) atoms. The quantitative estimate of drug-likeness (QED) is 0.153. The van der Waals surface area contributed by atoms with Gasteiger partial charge in [-0.15, -0.1) is 0 Å². The molecule has 0 aliphatic carbocycles. The number of hydrogen-bond donors (Lipinski definition) is 2. The number of aliphatic hydroxyl groups excluding tert-OH is 1. The molecule has 228 valence electrons. The number of ether oxygens (including phenoxy) is 3. The van der Waals surface area contributed by atoms with Gasteiger partial charge >= 0.3 is 0 Å². The van der Waals surface area contributed by atoms with Crippen molar-refractivity contribution in [1.29, 1.82) is 0 Å². The molecule has 4 aromatic carbocycles. The van der Waals surface area contributed by atoms with E-state index in [1.54, 1.807) is 7.11 Å². The number of benzene rings is 4. The molecule has 0 saturated heterocycles. The van der Waals surface area contributed by atoms with E-state index in [1.165, 1.54) is 0 Å². The maximum Gasteiger partial charge on any atom is 0.252 e. The van der Waals surface area contributed by atoms with E-state index in [0.29, 0.717) is 54.0 Å². The minimum absolute atomic E-state index is 0.0646. The van der Waals surface area contributed by atoms with Crippen molar-refractivity contribution in [3.05, 3.63) is 129 Å². The van der Waals surface area contributed by atoms with Crippen LogP contribution in [0, 0.1) is 0 Å². The summed E-state index contributed by atoms with van der Waals surface area (Å²) in [7, 11) is 1.61. The second kappa shape index (κ2) is 14.8. The number of amides is 1. The summed E-state index contributed by atoms with van der Waals surface area (Å²) in [5.74, 6) is 1.43. The molecule has 2 N–H and O–H groups in total. The molecule has 0 fully saturated rings. The zero-order valence-electron chi connectivity index (χ0n) is 24.3. The number of halogens is 2. The van der Waals surface area contributed by atoms with Crippen LogP contribution < -0.4 is 14.8 Å².